The largest absolute Gasteiger partial charge is 0.574 e. The van der Waals surface area contributed by atoms with Crippen molar-refractivity contribution in [3.8, 4) is 5.88 Å². The monoisotopic (exact) mass is 413 g/mol. The zero-order valence-corrected chi connectivity index (χ0v) is 11.5. The van der Waals surface area contributed by atoms with Gasteiger partial charge in [-0.2, -0.15) is 4.98 Å². The molecule has 1 aromatic heterocycles. The molecule has 0 aliphatic heterocycles. The summed E-state index contributed by atoms with van der Waals surface area (Å²) < 4.78 is 61.0. The average Bonchev–Trinajstić information content (AvgIpc) is 2.16. The molecule has 0 unspecified atom stereocenters. The van der Waals surface area contributed by atoms with Crippen molar-refractivity contribution >= 4 is 38.3 Å². The molecule has 1 rings (SSSR count). The van der Waals surface area contributed by atoms with Gasteiger partial charge in [-0.3, -0.25) is 10.1 Å². The summed E-state index contributed by atoms with van der Waals surface area (Å²) in [5.41, 5.74) is -0.918. The number of hydrogen-bond acceptors (Lipinski definition) is 6. The molecule has 106 valence electrons. The molecule has 0 aliphatic carbocycles. The maximum absolute atomic E-state index is 12.0. The number of halogens is 4. The van der Waals surface area contributed by atoms with E-state index in [0.717, 1.165) is 0 Å². The Hall–Kier alpha value is -1.22. The number of primary sulfonamides is 1. The van der Waals surface area contributed by atoms with Gasteiger partial charge in [0.25, 0.3) is 15.7 Å². The number of sulfonamides is 1. The fourth-order valence-corrected chi connectivity index (χ4v) is 2.93. The molecule has 13 heteroatoms. The lowest BCUT2D eigenvalue weighted by atomic mass is 10.4. The Morgan fingerprint density at radius 1 is 1.47 bits per heavy atom. The lowest BCUT2D eigenvalue weighted by Crippen LogP contribution is -2.21. The molecule has 0 bridgehead atoms. The van der Waals surface area contributed by atoms with Gasteiger partial charge in [-0.25, -0.2) is 13.6 Å². The topological polar surface area (TPSA) is 125 Å². The van der Waals surface area contributed by atoms with Crippen LogP contribution in [0.4, 0.5) is 18.9 Å². The quantitative estimate of drug-likeness (QED) is 0.450. The lowest BCUT2D eigenvalue weighted by molar-refractivity contribution is -0.386. The van der Waals surface area contributed by atoms with Crippen molar-refractivity contribution in [2.75, 3.05) is 0 Å². The van der Waals surface area contributed by atoms with Crippen LogP contribution in [0, 0.1) is 13.7 Å². The van der Waals surface area contributed by atoms with E-state index in [-0.39, 0.29) is 0 Å². The van der Waals surface area contributed by atoms with Gasteiger partial charge in [0.15, 0.2) is 5.03 Å². The van der Waals surface area contributed by atoms with Crippen molar-refractivity contribution in [3.05, 3.63) is 19.8 Å². The maximum atomic E-state index is 12.0. The number of rotatable bonds is 3. The summed E-state index contributed by atoms with van der Waals surface area (Å²) in [6.45, 7) is 0. The predicted octanol–water partition coefficient (Wildman–Crippen LogP) is 1.14. The van der Waals surface area contributed by atoms with Gasteiger partial charge in [-0.15, -0.1) is 13.2 Å². The van der Waals surface area contributed by atoms with Crippen LogP contribution in [0.15, 0.2) is 11.1 Å². The third-order valence-corrected chi connectivity index (χ3v) is 3.84. The minimum Gasteiger partial charge on any atom is -0.388 e. The second-order valence-corrected chi connectivity index (χ2v) is 5.50. The summed E-state index contributed by atoms with van der Waals surface area (Å²) in [6.07, 6.45) is -5.18. The van der Waals surface area contributed by atoms with Crippen molar-refractivity contribution in [1.82, 2.24) is 4.98 Å². The second kappa shape index (κ2) is 5.04. The summed E-state index contributed by atoms with van der Waals surface area (Å²) in [6, 6.07) is 0.351. The molecule has 0 radical (unpaired) electrons. The fourth-order valence-electron chi connectivity index (χ4n) is 0.964. The molecule has 2 N–H and O–H groups in total. The Labute approximate surface area is 117 Å². The van der Waals surface area contributed by atoms with Gasteiger partial charge in [0.05, 0.1) is 11.0 Å². The predicted molar refractivity (Wildman–Crippen MR) is 61.7 cm³/mol. The first kappa shape index (κ1) is 15.8. The molecule has 0 saturated carbocycles. The first-order valence-corrected chi connectivity index (χ1v) is 6.68. The lowest BCUT2D eigenvalue weighted by Gasteiger charge is -2.09. The highest BCUT2D eigenvalue weighted by Gasteiger charge is 2.34. The Morgan fingerprint density at radius 3 is 2.37 bits per heavy atom. The number of nitrogens with two attached hydrogens (primary N) is 1. The van der Waals surface area contributed by atoms with E-state index in [1.54, 1.807) is 0 Å². The minimum absolute atomic E-state index is 0.351. The van der Waals surface area contributed by atoms with Crippen LogP contribution in [-0.4, -0.2) is 24.7 Å². The summed E-state index contributed by atoms with van der Waals surface area (Å²) in [4.78, 5) is 12.5. The highest BCUT2D eigenvalue weighted by molar-refractivity contribution is 14.1. The van der Waals surface area contributed by atoms with Crippen LogP contribution >= 0.6 is 22.6 Å². The second-order valence-electron chi connectivity index (χ2n) is 2.95. The first-order valence-electron chi connectivity index (χ1n) is 4.05. The third-order valence-electron chi connectivity index (χ3n) is 1.57. The van der Waals surface area contributed by atoms with Crippen LogP contribution in [-0.2, 0) is 10.0 Å². The number of nitrogens with zero attached hydrogens (tertiary/aromatic N) is 2. The SMILES string of the molecule is NS(=O)(=O)c1nc(OC(F)(F)F)cc([N+](=O)[O-])c1I. The van der Waals surface area contributed by atoms with E-state index in [9.17, 15) is 31.7 Å². The molecule has 0 aromatic carbocycles. The standard InChI is InChI=1S/C6H3F3IN3O5S/c7-6(8,9)18-3-1-2(13(14)15)4(10)5(12-3)19(11,16)17/h1H,(H2,11,16,17). The molecule has 8 nitrogen and oxygen atoms in total. The zero-order chi connectivity index (χ0) is 15.0. The van der Waals surface area contributed by atoms with Gasteiger partial charge in [0, 0.05) is 0 Å². The fraction of sp³-hybridized carbons (Fsp3) is 0.167. The molecule has 19 heavy (non-hydrogen) atoms. The molecule has 0 amide bonds. The summed E-state index contributed by atoms with van der Waals surface area (Å²) in [7, 11) is -4.54. The van der Waals surface area contributed by atoms with Crippen molar-refractivity contribution in [3.63, 3.8) is 0 Å². The number of alkyl halides is 3. The number of pyridine rings is 1. The van der Waals surface area contributed by atoms with E-state index in [2.05, 4.69) is 9.72 Å². The number of nitro groups is 1. The van der Waals surface area contributed by atoms with Crippen LogP contribution in [0.2, 0.25) is 0 Å². The molecule has 0 saturated heterocycles. The van der Waals surface area contributed by atoms with Crippen LogP contribution < -0.4 is 9.88 Å². The summed E-state index contributed by atoms with van der Waals surface area (Å²) in [5.74, 6) is -1.29. The van der Waals surface area contributed by atoms with E-state index in [1.165, 1.54) is 22.6 Å². The van der Waals surface area contributed by atoms with Gasteiger partial charge in [-0.1, -0.05) is 0 Å². The average molecular weight is 413 g/mol. The molecular formula is C6H3F3IN3O5S. The van der Waals surface area contributed by atoms with Crippen LogP contribution in [0.3, 0.4) is 0 Å². The molecule has 1 aromatic rings. The molecule has 0 fully saturated rings. The Bertz CT molecular complexity index is 632. The maximum Gasteiger partial charge on any atom is 0.574 e. The van der Waals surface area contributed by atoms with Gasteiger partial charge in [0.2, 0.25) is 5.88 Å². The highest BCUT2D eigenvalue weighted by atomic mass is 127. The molecule has 0 atom stereocenters. The molecule has 0 spiro atoms. The van der Waals surface area contributed by atoms with Crippen LogP contribution in [0.25, 0.3) is 0 Å². The van der Waals surface area contributed by atoms with Crippen LogP contribution in [0.1, 0.15) is 0 Å². The molecular weight excluding hydrogens is 410 g/mol. The number of hydrogen-bond donors (Lipinski definition) is 1. The Kier molecular flexibility index (Phi) is 4.20. The number of ether oxygens (including phenoxy) is 1. The normalized spacial score (nSPS) is 12.3. The van der Waals surface area contributed by atoms with Gasteiger partial charge < -0.3 is 4.74 Å². The summed E-state index contributed by atoms with van der Waals surface area (Å²) in [5, 5.41) is 14.3. The van der Waals surface area contributed by atoms with Crippen molar-refractivity contribution in [2.24, 2.45) is 5.14 Å². The van der Waals surface area contributed by atoms with Crippen molar-refractivity contribution in [1.29, 1.82) is 0 Å². The van der Waals surface area contributed by atoms with E-state index < -0.39 is 41.5 Å². The zero-order valence-electron chi connectivity index (χ0n) is 8.51. The molecule has 0 aliphatic rings. The van der Waals surface area contributed by atoms with Gasteiger partial charge in [-0.05, 0) is 22.6 Å². The van der Waals surface area contributed by atoms with Crippen LogP contribution in [0.5, 0.6) is 5.88 Å². The third kappa shape index (κ3) is 4.13. The van der Waals surface area contributed by atoms with E-state index in [4.69, 9.17) is 5.14 Å². The van der Waals surface area contributed by atoms with Gasteiger partial charge >= 0.3 is 6.36 Å². The number of aromatic nitrogens is 1. The smallest absolute Gasteiger partial charge is 0.388 e. The van der Waals surface area contributed by atoms with Gasteiger partial charge in [0.1, 0.15) is 3.57 Å². The van der Waals surface area contributed by atoms with E-state index in [1.807, 2.05) is 0 Å². The van der Waals surface area contributed by atoms with Crippen molar-refractivity contribution in [2.45, 2.75) is 11.4 Å². The minimum atomic E-state index is -5.18. The molecule has 1 heterocycles. The van der Waals surface area contributed by atoms with E-state index in [0.29, 0.717) is 6.07 Å². The highest BCUT2D eigenvalue weighted by Crippen LogP contribution is 2.31. The Balaban J connectivity index is 3.54. The van der Waals surface area contributed by atoms with Crippen molar-refractivity contribution < 1.29 is 31.2 Å². The first-order chi connectivity index (χ1) is 8.42. The summed E-state index contributed by atoms with van der Waals surface area (Å²) >= 11 is 1.24. The van der Waals surface area contributed by atoms with E-state index >= 15 is 0 Å². The Morgan fingerprint density at radius 2 is 2.00 bits per heavy atom.